The maximum absolute atomic E-state index is 12.4. The minimum atomic E-state index is -0.264. The highest BCUT2D eigenvalue weighted by Crippen LogP contribution is 2.28. The normalized spacial score (nSPS) is 16.3. The first-order valence-electron chi connectivity index (χ1n) is 10.3. The summed E-state index contributed by atoms with van der Waals surface area (Å²) in [5.74, 6) is 1.32. The van der Waals surface area contributed by atoms with Crippen molar-refractivity contribution < 1.29 is 19.0 Å². The molecule has 162 valence electrons. The Bertz CT molecular complexity index is 1220. The van der Waals surface area contributed by atoms with Gasteiger partial charge in [0, 0.05) is 29.7 Å². The van der Waals surface area contributed by atoms with Crippen LogP contribution in [-0.4, -0.2) is 53.6 Å². The van der Waals surface area contributed by atoms with E-state index in [1.807, 2.05) is 60.8 Å². The van der Waals surface area contributed by atoms with Gasteiger partial charge < -0.3 is 19.1 Å². The van der Waals surface area contributed by atoms with Crippen LogP contribution in [-0.2, 0) is 9.53 Å². The summed E-state index contributed by atoms with van der Waals surface area (Å²) < 4.78 is 18.8. The van der Waals surface area contributed by atoms with E-state index in [1.165, 1.54) is 0 Å². The van der Waals surface area contributed by atoms with Crippen LogP contribution in [0.3, 0.4) is 0 Å². The number of carbonyl (C=O) groups excluding carboxylic acids is 1. The van der Waals surface area contributed by atoms with Crippen LogP contribution in [0.4, 0.5) is 5.69 Å². The first-order valence-corrected chi connectivity index (χ1v) is 10.3. The molecule has 3 heterocycles. The van der Waals surface area contributed by atoms with Gasteiger partial charge in [-0.2, -0.15) is 5.10 Å². The van der Waals surface area contributed by atoms with Crippen molar-refractivity contribution in [2.24, 2.45) is 0 Å². The number of benzene rings is 2. The lowest BCUT2D eigenvalue weighted by molar-refractivity contribution is -0.130. The van der Waals surface area contributed by atoms with E-state index in [-0.39, 0.29) is 18.6 Å². The molecule has 0 bridgehead atoms. The van der Waals surface area contributed by atoms with E-state index < -0.39 is 0 Å². The monoisotopic (exact) mass is 430 g/mol. The van der Waals surface area contributed by atoms with E-state index in [0.717, 1.165) is 28.0 Å². The van der Waals surface area contributed by atoms with Crippen molar-refractivity contribution in [3.63, 3.8) is 0 Å². The number of carbonyl (C=O) groups is 1. The second kappa shape index (κ2) is 8.68. The summed E-state index contributed by atoms with van der Waals surface area (Å²) in [6.45, 7) is 0.714. The van der Waals surface area contributed by atoms with Gasteiger partial charge in [0.2, 0.25) is 0 Å². The molecule has 1 aliphatic heterocycles. The Hall–Kier alpha value is -3.91. The Labute approximate surface area is 184 Å². The van der Waals surface area contributed by atoms with Crippen LogP contribution in [0.15, 0.2) is 73.2 Å². The molecule has 2 aromatic carbocycles. The molecule has 0 radical (unpaired) electrons. The molecule has 1 atom stereocenters. The zero-order chi connectivity index (χ0) is 21.9. The van der Waals surface area contributed by atoms with Gasteiger partial charge in [-0.25, -0.2) is 4.68 Å². The number of para-hydroxylation sites is 1. The molecule has 5 rings (SSSR count). The van der Waals surface area contributed by atoms with Crippen LogP contribution in [0.2, 0.25) is 0 Å². The maximum atomic E-state index is 12.4. The van der Waals surface area contributed by atoms with Crippen LogP contribution in [0.5, 0.6) is 11.5 Å². The lowest BCUT2D eigenvalue weighted by Crippen LogP contribution is -2.48. The summed E-state index contributed by atoms with van der Waals surface area (Å²) in [5.41, 5.74) is 2.48. The molecule has 0 aliphatic carbocycles. The number of methoxy groups -OCH3 is 1. The van der Waals surface area contributed by atoms with E-state index in [1.54, 1.807) is 29.1 Å². The fraction of sp³-hybridized carbons (Fsp3) is 0.208. The van der Waals surface area contributed by atoms with Crippen molar-refractivity contribution in [1.82, 2.24) is 14.8 Å². The van der Waals surface area contributed by atoms with Gasteiger partial charge >= 0.3 is 0 Å². The Kier molecular flexibility index (Phi) is 5.43. The Morgan fingerprint density at radius 2 is 1.97 bits per heavy atom. The average Bonchev–Trinajstić information content (AvgIpc) is 3.38. The molecule has 1 amide bonds. The standard InChI is InChI=1S/C24H22N4O4/c1-30-18-8-6-17(7-9-18)27-14-19(31-16-23(27)29)15-32-22-5-2-4-20-21(10-12-25-24(20)22)28-13-3-11-26-28/h2-13,19H,14-16H2,1H3. The van der Waals surface area contributed by atoms with Crippen molar-refractivity contribution >= 4 is 22.5 Å². The van der Waals surface area contributed by atoms with E-state index in [2.05, 4.69) is 10.1 Å². The number of anilines is 1. The molecule has 1 aliphatic rings. The molecule has 0 spiro atoms. The predicted octanol–water partition coefficient (Wildman–Crippen LogP) is 3.24. The lowest BCUT2D eigenvalue weighted by atomic mass is 10.1. The van der Waals surface area contributed by atoms with E-state index in [9.17, 15) is 4.79 Å². The van der Waals surface area contributed by atoms with E-state index in [0.29, 0.717) is 18.9 Å². The largest absolute Gasteiger partial charge is 0.497 e. The second-order valence-electron chi connectivity index (χ2n) is 7.38. The second-order valence-corrected chi connectivity index (χ2v) is 7.38. The van der Waals surface area contributed by atoms with Crippen LogP contribution in [0, 0.1) is 0 Å². The highest BCUT2D eigenvalue weighted by atomic mass is 16.5. The van der Waals surface area contributed by atoms with Gasteiger partial charge in [0.1, 0.15) is 36.3 Å². The van der Waals surface area contributed by atoms with Gasteiger partial charge in [-0.3, -0.25) is 9.78 Å². The molecular weight excluding hydrogens is 408 g/mol. The highest BCUT2D eigenvalue weighted by Gasteiger charge is 2.28. The maximum Gasteiger partial charge on any atom is 0.253 e. The Morgan fingerprint density at radius 1 is 1.09 bits per heavy atom. The molecule has 1 saturated heterocycles. The molecule has 1 fully saturated rings. The number of aromatic nitrogens is 3. The van der Waals surface area contributed by atoms with Gasteiger partial charge in [-0.1, -0.05) is 12.1 Å². The molecule has 8 nitrogen and oxygen atoms in total. The molecule has 4 aromatic rings. The number of fused-ring (bicyclic) bond motifs is 1. The van der Waals surface area contributed by atoms with Gasteiger partial charge in [-0.15, -0.1) is 0 Å². The number of pyridine rings is 1. The first-order chi connectivity index (χ1) is 15.7. The van der Waals surface area contributed by atoms with Crippen molar-refractivity contribution in [3.05, 3.63) is 73.2 Å². The van der Waals surface area contributed by atoms with Crippen LogP contribution in [0.25, 0.3) is 16.6 Å². The van der Waals surface area contributed by atoms with Crippen LogP contribution < -0.4 is 14.4 Å². The summed E-state index contributed by atoms with van der Waals surface area (Å²) in [7, 11) is 1.61. The summed E-state index contributed by atoms with van der Waals surface area (Å²) in [4.78, 5) is 18.6. The Balaban J connectivity index is 1.33. The number of ether oxygens (including phenoxy) is 3. The fourth-order valence-electron chi connectivity index (χ4n) is 3.78. The number of amides is 1. The third-order valence-corrected chi connectivity index (χ3v) is 5.40. The summed E-state index contributed by atoms with van der Waals surface area (Å²) in [6.07, 6.45) is 5.11. The number of rotatable bonds is 6. The fourth-order valence-corrected chi connectivity index (χ4v) is 3.78. The zero-order valence-electron chi connectivity index (χ0n) is 17.5. The molecular formula is C24H22N4O4. The van der Waals surface area contributed by atoms with E-state index >= 15 is 0 Å². The third-order valence-electron chi connectivity index (χ3n) is 5.40. The SMILES string of the molecule is COc1ccc(N2CC(COc3cccc4c(-n5cccn5)ccnc34)OCC2=O)cc1. The van der Waals surface area contributed by atoms with Gasteiger partial charge in [0.15, 0.2) is 0 Å². The van der Waals surface area contributed by atoms with Crippen molar-refractivity contribution in [3.8, 4) is 17.2 Å². The average molecular weight is 430 g/mol. The zero-order valence-corrected chi connectivity index (χ0v) is 17.5. The van der Waals surface area contributed by atoms with Crippen molar-refractivity contribution in [2.45, 2.75) is 6.10 Å². The van der Waals surface area contributed by atoms with E-state index in [4.69, 9.17) is 14.2 Å². The van der Waals surface area contributed by atoms with Gasteiger partial charge in [-0.05, 0) is 42.5 Å². The van der Waals surface area contributed by atoms with Crippen LogP contribution in [0.1, 0.15) is 0 Å². The number of hydrogen-bond donors (Lipinski definition) is 0. The Morgan fingerprint density at radius 3 is 2.75 bits per heavy atom. The summed E-state index contributed by atoms with van der Waals surface area (Å²) in [5, 5.41) is 5.26. The summed E-state index contributed by atoms with van der Waals surface area (Å²) in [6, 6.07) is 17.0. The van der Waals surface area contributed by atoms with Gasteiger partial charge in [0.25, 0.3) is 5.91 Å². The highest BCUT2D eigenvalue weighted by molar-refractivity contribution is 5.95. The quantitative estimate of drug-likeness (QED) is 0.467. The minimum absolute atomic E-state index is 0.0112. The van der Waals surface area contributed by atoms with Gasteiger partial charge in [0.05, 0.1) is 19.3 Å². The number of hydrogen-bond acceptors (Lipinski definition) is 6. The number of morpholine rings is 1. The third kappa shape index (κ3) is 3.88. The van der Waals surface area contributed by atoms with Crippen molar-refractivity contribution in [2.75, 3.05) is 31.8 Å². The minimum Gasteiger partial charge on any atom is -0.497 e. The lowest BCUT2D eigenvalue weighted by Gasteiger charge is -2.32. The smallest absolute Gasteiger partial charge is 0.253 e. The summed E-state index contributed by atoms with van der Waals surface area (Å²) >= 11 is 0. The predicted molar refractivity (Wildman–Crippen MR) is 119 cm³/mol. The molecule has 1 unspecified atom stereocenters. The molecule has 0 N–H and O–H groups in total. The topological polar surface area (TPSA) is 78.7 Å². The molecule has 8 heteroatoms. The number of nitrogens with zero attached hydrogens (tertiary/aromatic N) is 4. The first kappa shape index (κ1) is 20.0. The van der Waals surface area contributed by atoms with Crippen LogP contribution >= 0.6 is 0 Å². The van der Waals surface area contributed by atoms with Crippen molar-refractivity contribution in [1.29, 1.82) is 0 Å². The molecule has 32 heavy (non-hydrogen) atoms. The molecule has 2 aromatic heterocycles. The molecule has 0 saturated carbocycles.